The maximum Gasteiger partial charge on any atom is 0.135 e. The molecule has 6 heteroatoms. The quantitative estimate of drug-likeness (QED) is 0.265. The number of aromatic nitrogens is 2. The molecule has 42 heavy (non-hydrogen) atoms. The summed E-state index contributed by atoms with van der Waals surface area (Å²) in [6.45, 7) is 0. The number of ketones is 1. The third-order valence-electron chi connectivity index (χ3n) is 11.0. The van der Waals surface area contributed by atoms with Gasteiger partial charge in [0.25, 0.3) is 0 Å². The van der Waals surface area contributed by atoms with Crippen molar-refractivity contribution >= 4 is 27.6 Å². The van der Waals surface area contributed by atoms with Gasteiger partial charge in [0.05, 0.1) is 11.0 Å². The van der Waals surface area contributed by atoms with Crippen LogP contribution in [0.3, 0.4) is 0 Å². The second kappa shape index (κ2) is 11.4. The molecule has 7 atom stereocenters. The van der Waals surface area contributed by atoms with Gasteiger partial charge in [0.1, 0.15) is 17.4 Å². The summed E-state index contributed by atoms with van der Waals surface area (Å²) in [7, 11) is 0. The number of rotatable bonds is 2. The molecule has 4 fully saturated rings. The standard InChI is InChI=1S/C18H21FN2.C18H18FNO/c19-13-3-6-18-16(10-13)15(7-8-21-18)14-4-1-12-9-11(14)2-5-17(12)20;19-13-3-5-17-16(10-13)15(7-8-20-17)14-4-1-12-9-11(14)2-6-18(12)21/h3,6-8,10-12,14,17H,1-2,4-5,9,20H2;3,5,7-8,10-12,14H,1-2,4,6,9H2. The molecular weight excluding hydrogens is 528 g/mol. The number of nitrogens with zero attached hydrogens (tertiary/aromatic N) is 2. The van der Waals surface area contributed by atoms with E-state index in [2.05, 4.69) is 16.0 Å². The minimum Gasteiger partial charge on any atom is -0.327 e. The van der Waals surface area contributed by atoms with Crippen LogP contribution in [0.15, 0.2) is 60.9 Å². The molecule has 0 aliphatic heterocycles. The van der Waals surface area contributed by atoms with E-state index in [4.69, 9.17) is 5.73 Å². The number of fused-ring (bicyclic) bond motifs is 6. The van der Waals surface area contributed by atoms with Crippen LogP contribution >= 0.6 is 0 Å². The maximum absolute atomic E-state index is 13.6. The zero-order valence-corrected chi connectivity index (χ0v) is 24.0. The SMILES string of the molecule is NC1CCC2CC1CCC2c1ccnc2ccc(F)cc12.O=C1CCC2CC1CCC2c1ccnc2ccc(F)cc12. The van der Waals surface area contributed by atoms with Crippen LogP contribution in [-0.4, -0.2) is 21.8 Å². The van der Waals surface area contributed by atoms with Crippen molar-refractivity contribution in [1.29, 1.82) is 0 Å². The van der Waals surface area contributed by atoms with Gasteiger partial charge in [-0.3, -0.25) is 14.8 Å². The minimum absolute atomic E-state index is 0.170. The van der Waals surface area contributed by atoms with Gasteiger partial charge in [-0.1, -0.05) is 0 Å². The van der Waals surface area contributed by atoms with E-state index >= 15 is 0 Å². The van der Waals surface area contributed by atoms with Crippen LogP contribution in [0.25, 0.3) is 21.8 Å². The van der Waals surface area contributed by atoms with Crippen LogP contribution in [0, 0.1) is 35.3 Å². The largest absolute Gasteiger partial charge is 0.327 e. The molecule has 4 aliphatic rings. The highest BCUT2D eigenvalue weighted by Gasteiger charge is 2.39. The number of Topliss-reactive ketones (excluding diaryl/α,β-unsaturated/α-hetero) is 1. The van der Waals surface area contributed by atoms with Gasteiger partial charge in [-0.15, -0.1) is 0 Å². The average Bonchev–Trinajstić information content (AvgIpc) is 3.01. The predicted octanol–water partition coefficient (Wildman–Crippen LogP) is 8.23. The molecule has 2 N–H and O–H groups in total. The van der Waals surface area contributed by atoms with Crippen LogP contribution in [0.1, 0.15) is 87.2 Å². The van der Waals surface area contributed by atoms with Gasteiger partial charge in [0, 0.05) is 41.5 Å². The third-order valence-corrected chi connectivity index (χ3v) is 11.0. The minimum atomic E-state index is -0.204. The van der Waals surface area contributed by atoms with Gasteiger partial charge in [0.15, 0.2) is 0 Å². The molecule has 4 aromatic rings. The van der Waals surface area contributed by atoms with E-state index in [0.29, 0.717) is 41.4 Å². The fraction of sp³-hybridized carbons (Fsp3) is 0.472. The van der Waals surface area contributed by atoms with Gasteiger partial charge >= 0.3 is 0 Å². The number of halogens is 2. The van der Waals surface area contributed by atoms with Gasteiger partial charge in [-0.2, -0.15) is 0 Å². The second-order valence-corrected chi connectivity index (χ2v) is 13.2. The molecule has 0 spiro atoms. The van der Waals surface area contributed by atoms with E-state index in [9.17, 15) is 13.6 Å². The summed E-state index contributed by atoms with van der Waals surface area (Å²) in [6.07, 6.45) is 14.4. The van der Waals surface area contributed by atoms with Crippen molar-refractivity contribution in [3.63, 3.8) is 0 Å². The van der Waals surface area contributed by atoms with Crippen molar-refractivity contribution in [2.24, 2.45) is 29.4 Å². The zero-order valence-electron chi connectivity index (χ0n) is 24.0. The molecule has 8 rings (SSSR count). The molecule has 4 saturated carbocycles. The molecule has 0 amide bonds. The molecule has 0 radical (unpaired) electrons. The molecule has 4 bridgehead atoms. The highest BCUT2D eigenvalue weighted by Crippen LogP contribution is 2.49. The number of carbonyl (C=O) groups is 1. The van der Waals surface area contributed by atoms with Gasteiger partial charge in [0.2, 0.25) is 0 Å². The Morgan fingerprint density at radius 3 is 1.86 bits per heavy atom. The first-order valence-electron chi connectivity index (χ1n) is 15.8. The van der Waals surface area contributed by atoms with Crippen molar-refractivity contribution in [2.45, 2.75) is 82.1 Å². The smallest absolute Gasteiger partial charge is 0.135 e. The Morgan fingerprint density at radius 2 is 1.21 bits per heavy atom. The van der Waals surface area contributed by atoms with E-state index in [1.807, 2.05) is 18.5 Å². The number of carbonyl (C=O) groups excluding carboxylic acids is 1. The van der Waals surface area contributed by atoms with Crippen molar-refractivity contribution in [2.75, 3.05) is 0 Å². The lowest BCUT2D eigenvalue weighted by Crippen LogP contribution is -2.40. The van der Waals surface area contributed by atoms with Crippen LogP contribution in [0.2, 0.25) is 0 Å². The number of hydrogen-bond acceptors (Lipinski definition) is 4. The van der Waals surface area contributed by atoms with E-state index < -0.39 is 0 Å². The Balaban J connectivity index is 0.000000137. The number of nitrogens with two attached hydrogens (primary N) is 1. The molecule has 4 nitrogen and oxygen atoms in total. The molecule has 7 unspecified atom stereocenters. The van der Waals surface area contributed by atoms with Crippen molar-refractivity contribution < 1.29 is 13.6 Å². The van der Waals surface area contributed by atoms with Gasteiger partial charge < -0.3 is 5.73 Å². The molecule has 2 aromatic heterocycles. The van der Waals surface area contributed by atoms with E-state index in [0.717, 1.165) is 60.3 Å². The molecular formula is C36H39F2N3O. The summed E-state index contributed by atoms with van der Waals surface area (Å²) >= 11 is 0. The Kier molecular flexibility index (Phi) is 7.51. The summed E-state index contributed by atoms with van der Waals surface area (Å²) in [5.41, 5.74) is 10.5. The Morgan fingerprint density at radius 1 is 0.643 bits per heavy atom. The maximum atomic E-state index is 13.6. The number of hydrogen-bond donors (Lipinski definition) is 1. The first-order chi connectivity index (χ1) is 20.4. The van der Waals surface area contributed by atoms with Crippen molar-refractivity contribution in [3.05, 3.63) is 83.7 Å². The number of benzene rings is 2. The third kappa shape index (κ3) is 5.23. The predicted molar refractivity (Wildman–Crippen MR) is 162 cm³/mol. The second-order valence-electron chi connectivity index (χ2n) is 13.2. The van der Waals surface area contributed by atoms with Crippen LogP contribution < -0.4 is 5.73 Å². The normalized spacial score (nSPS) is 30.5. The molecule has 0 saturated heterocycles. The Labute approximate surface area is 246 Å². The Hall–Kier alpha value is -3.25. The van der Waals surface area contributed by atoms with E-state index in [1.165, 1.54) is 48.9 Å². The van der Waals surface area contributed by atoms with Gasteiger partial charge in [-0.25, -0.2) is 8.78 Å². The van der Waals surface area contributed by atoms with Crippen LogP contribution in [0.5, 0.6) is 0 Å². The van der Waals surface area contributed by atoms with E-state index in [-0.39, 0.29) is 17.6 Å². The van der Waals surface area contributed by atoms with Gasteiger partial charge in [-0.05, 0) is 147 Å². The zero-order chi connectivity index (χ0) is 28.8. The fourth-order valence-electron chi connectivity index (χ4n) is 8.80. The fourth-order valence-corrected chi connectivity index (χ4v) is 8.80. The van der Waals surface area contributed by atoms with Crippen molar-refractivity contribution in [1.82, 2.24) is 9.97 Å². The molecule has 218 valence electrons. The lowest BCUT2D eigenvalue weighted by atomic mass is 9.63. The summed E-state index contributed by atoms with van der Waals surface area (Å²) < 4.78 is 27.3. The summed E-state index contributed by atoms with van der Waals surface area (Å²) in [5, 5.41) is 1.94. The highest BCUT2D eigenvalue weighted by molar-refractivity contribution is 5.84. The van der Waals surface area contributed by atoms with Crippen molar-refractivity contribution in [3.8, 4) is 0 Å². The summed E-state index contributed by atoms with van der Waals surface area (Å²) in [5.74, 6) is 3.32. The lowest BCUT2D eigenvalue weighted by molar-refractivity contribution is -0.127. The average molecular weight is 568 g/mol. The molecule has 4 aliphatic carbocycles. The monoisotopic (exact) mass is 567 g/mol. The first kappa shape index (κ1) is 27.6. The molecule has 2 heterocycles. The number of pyridine rings is 2. The first-order valence-corrected chi connectivity index (χ1v) is 15.8. The van der Waals surface area contributed by atoms with Crippen LogP contribution in [-0.2, 0) is 4.79 Å². The summed E-state index contributed by atoms with van der Waals surface area (Å²) in [6, 6.07) is 14.3. The Bertz CT molecular complexity index is 1620. The van der Waals surface area contributed by atoms with E-state index in [1.54, 1.807) is 24.3 Å². The molecule has 2 aromatic carbocycles. The topological polar surface area (TPSA) is 68.9 Å². The van der Waals surface area contributed by atoms with Crippen LogP contribution in [0.4, 0.5) is 8.78 Å². The summed E-state index contributed by atoms with van der Waals surface area (Å²) in [4.78, 5) is 20.6. The lowest BCUT2D eigenvalue weighted by Gasteiger charge is -2.43. The highest BCUT2D eigenvalue weighted by atomic mass is 19.1.